The third-order valence-corrected chi connectivity index (χ3v) is 5.83. The van der Waals surface area contributed by atoms with Gasteiger partial charge in [-0.1, -0.05) is 30.7 Å². The smallest absolute Gasteiger partial charge is 0.230 e. The minimum atomic E-state index is -0.330. The zero-order valence-corrected chi connectivity index (χ0v) is 18.1. The molecule has 1 atom stereocenters. The van der Waals surface area contributed by atoms with Crippen LogP contribution in [0, 0.1) is 25.6 Å². The number of hydrogen-bond donors (Lipinski definition) is 1. The summed E-state index contributed by atoms with van der Waals surface area (Å²) >= 11 is 9.70. The molecule has 0 aliphatic heterocycles. The van der Waals surface area contributed by atoms with E-state index in [9.17, 15) is 9.18 Å². The number of hydrogen-bond acceptors (Lipinski definition) is 3. The van der Waals surface area contributed by atoms with Crippen molar-refractivity contribution >= 4 is 39.3 Å². The fourth-order valence-corrected chi connectivity index (χ4v) is 3.26. The predicted octanol–water partition coefficient (Wildman–Crippen LogP) is 4.57. The summed E-state index contributed by atoms with van der Waals surface area (Å²) in [5, 5.41) is 11.9. The normalized spacial score (nSPS) is 12.2. The van der Waals surface area contributed by atoms with E-state index in [4.69, 9.17) is 11.6 Å². The third kappa shape index (κ3) is 4.62. The van der Waals surface area contributed by atoms with Gasteiger partial charge < -0.3 is 5.32 Å². The minimum absolute atomic E-state index is 0.197. The Balaban J connectivity index is 1.65. The van der Waals surface area contributed by atoms with Crippen molar-refractivity contribution in [2.75, 3.05) is 5.32 Å². The molecule has 1 unspecified atom stereocenters. The average molecular weight is 469 g/mol. The van der Waals surface area contributed by atoms with Gasteiger partial charge in [0.15, 0.2) is 5.82 Å². The summed E-state index contributed by atoms with van der Waals surface area (Å²) < 4.78 is 17.4. The summed E-state index contributed by atoms with van der Waals surface area (Å²) in [7, 11) is 0. The molecule has 0 bridgehead atoms. The van der Waals surface area contributed by atoms with Crippen LogP contribution in [0.5, 0.6) is 0 Å². The second-order valence-electron chi connectivity index (χ2n) is 6.71. The van der Waals surface area contributed by atoms with Gasteiger partial charge in [-0.25, -0.2) is 4.39 Å². The minimum Gasteiger partial charge on any atom is -0.308 e. The van der Waals surface area contributed by atoms with Gasteiger partial charge in [0.1, 0.15) is 10.8 Å². The summed E-state index contributed by atoms with van der Waals surface area (Å²) in [4.78, 5) is 12.6. The number of aryl methyl sites for hydroxylation is 1. The molecule has 3 rings (SSSR count). The van der Waals surface area contributed by atoms with Crippen molar-refractivity contribution in [1.29, 1.82) is 0 Å². The molecule has 0 saturated carbocycles. The number of nitrogens with zero attached hydrogens (tertiary/aromatic N) is 4. The van der Waals surface area contributed by atoms with Crippen LogP contribution in [0.3, 0.4) is 0 Å². The number of nitrogens with one attached hydrogen (secondary N) is 1. The van der Waals surface area contributed by atoms with Crippen molar-refractivity contribution in [2.45, 2.75) is 33.9 Å². The zero-order chi connectivity index (χ0) is 20.4. The molecule has 0 radical (unpaired) electrons. The van der Waals surface area contributed by atoms with Gasteiger partial charge in [-0.05, 0) is 47.5 Å². The van der Waals surface area contributed by atoms with E-state index >= 15 is 0 Å². The highest BCUT2D eigenvalue weighted by Crippen LogP contribution is 2.23. The fraction of sp³-hybridized carbons (Fsp3) is 0.316. The lowest BCUT2D eigenvalue weighted by Crippen LogP contribution is -2.25. The molecule has 1 amide bonds. The lowest BCUT2D eigenvalue weighted by Gasteiger charge is -2.12. The van der Waals surface area contributed by atoms with Crippen LogP contribution in [0.15, 0.2) is 34.9 Å². The van der Waals surface area contributed by atoms with Crippen LogP contribution in [0.2, 0.25) is 5.02 Å². The third-order valence-electron chi connectivity index (χ3n) is 4.40. The highest BCUT2D eigenvalue weighted by Gasteiger charge is 2.19. The van der Waals surface area contributed by atoms with Crippen LogP contribution in [0.4, 0.5) is 10.2 Å². The molecule has 0 spiro atoms. The van der Waals surface area contributed by atoms with Crippen LogP contribution in [0.1, 0.15) is 23.9 Å². The van der Waals surface area contributed by atoms with Crippen molar-refractivity contribution in [3.63, 3.8) is 0 Å². The van der Waals surface area contributed by atoms with Crippen molar-refractivity contribution in [3.05, 3.63) is 62.7 Å². The first-order valence-electron chi connectivity index (χ1n) is 8.72. The molecule has 2 heterocycles. The fourth-order valence-electron chi connectivity index (χ4n) is 2.77. The number of rotatable bonds is 6. The van der Waals surface area contributed by atoms with E-state index in [0.29, 0.717) is 23.9 Å². The predicted molar refractivity (Wildman–Crippen MR) is 110 cm³/mol. The number of halogens is 3. The van der Waals surface area contributed by atoms with Gasteiger partial charge in [0.2, 0.25) is 5.91 Å². The van der Waals surface area contributed by atoms with Gasteiger partial charge in [0, 0.05) is 11.9 Å². The first kappa shape index (κ1) is 20.5. The Morgan fingerprint density at radius 3 is 2.57 bits per heavy atom. The standard InChI is InChI=1S/C19H20BrClFN5O/c1-11(8-27-13(3)17(20)12(2)24-27)19(28)23-18-16(21)10-26(25-18)9-14-4-6-15(22)7-5-14/h4-7,10-11H,8-9H2,1-3H3,(H,23,25,28). The molecule has 1 aromatic carbocycles. The number of carbonyl (C=O) groups is 1. The molecule has 0 saturated heterocycles. The van der Waals surface area contributed by atoms with Crippen molar-refractivity contribution in [2.24, 2.45) is 5.92 Å². The summed E-state index contributed by atoms with van der Waals surface area (Å²) in [6, 6.07) is 6.14. The molecular formula is C19H20BrClFN5O. The van der Waals surface area contributed by atoms with Crippen LogP contribution in [0.25, 0.3) is 0 Å². The lowest BCUT2D eigenvalue weighted by molar-refractivity contribution is -0.119. The van der Waals surface area contributed by atoms with Crippen molar-refractivity contribution < 1.29 is 9.18 Å². The van der Waals surface area contributed by atoms with E-state index in [-0.39, 0.29) is 17.6 Å². The second kappa shape index (κ2) is 8.45. The summed E-state index contributed by atoms with van der Waals surface area (Å²) in [6.45, 7) is 6.54. The Labute approximate surface area is 175 Å². The summed E-state index contributed by atoms with van der Waals surface area (Å²) in [5.74, 6) is -0.519. The first-order chi connectivity index (χ1) is 13.2. The highest BCUT2D eigenvalue weighted by atomic mass is 79.9. The van der Waals surface area contributed by atoms with E-state index in [2.05, 4.69) is 31.4 Å². The molecule has 28 heavy (non-hydrogen) atoms. The quantitative estimate of drug-likeness (QED) is 0.576. The van der Waals surface area contributed by atoms with Gasteiger partial charge in [-0.15, -0.1) is 0 Å². The molecule has 0 aliphatic rings. The summed E-state index contributed by atoms with van der Waals surface area (Å²) in [5.41, 5.74) is 2.73. The zero-order valence-electron chi connectivity index (χ0n) is 15.7. The van der Waals surface area contributed by atoms with E-state index in [0.717, 1.165) is 21.4 Å². The molecule has 0 aliphatic carbocycles. The molecule has 2 aromatic heterocycles. The van der Waals surface area contributed by atoms with E-state index in [1.54, 1.807) is 27.7 Å². The Hall–Kier alpha value is -2.19. The van der Waals surface area contributed by atoms with Gasteiger partial charge in [0.05, 0.1) is 29.2 Å². The molecule has 6 nitrogen and oxygen atoms in total. The molecule has 9 heteroatoms. The number of benzene rings is 1. The molecule has 3 aromatic rings. The Morgan fingerprint density at radius 2 is 1.96 bits per heavy atom. The number of carbonyl (C=O) groups excluding carboxylic acids is 1. The van der Waals surface area contributed by atoms with Crippen molar-refractivity contribution in [3.8, 4) is 0 Å². The lowest BCUT2D eigenvalue weighted by atomic mass is 10.1. The largest absolute Gasteiger partial charge is 0.308 e. The maximum atomic E-state index is 13.0. The van der Waals surface area contributed by atoms with E-state index in [1.807, 2.05) is 20.8 Å². The van der Waals surface area contributed by atoms with Crippen molar-refractivity contribution in [1.82, 2.24) is 19.6 Å². The Kier molecular flexibility index (Phi) is 6.20. The Bertz CT molecular complexity index is 999. The van der Waals surface area contributed by atoms with Gasteiger partial charge in [-0.3, -0.25) is 14.2 Å². The van der Waals surface area contributed by atoms with Gasteiger partial charge >= 0.3 is 0 Å². The topological polar surface area (TPSA) is 64.7 Å². The maximum absolute atomic E-state index is 13.0. The molecule has 0 fully saturated rings. The van der Waals surface area contributed by atoms with Crippen LogP contribution in [-0.4, -0.2) is 25.5 Å². The second-order valence-corrected chi connectivity index (χ2v) is 7.91. The molecule has 148 valence electrons. The molecule has 1 N–H and O–H groups in total. The van der Waals surface area contributed by atoms with Gasteiger partial charge in [-0.2, -0.15) is 10.2 Å². The Morgan fingerprint density at radius 1 is 1.29 bits per heavy atom. The summed E-state index contributed by atoms with van der Waals surface area (Å²) in [6.07, 6.45) is 1.63. The first-order valence-corrected chi connectivity index (χ1v) is 9.89. The maximum Gasteiger partial charge on any atom is 0.230 e. The number of aromatic nitrogens is 4. The highest BCUT2D eigenvalue weighted by molar-refractivity contribution is 9.10. The number of amides is 1. The van der Waals surface area contributed by atoms with Crippen LogP contribution in [-0.2, 0) is 17.9 Å². The number of anilines is 1. The molecular weight excluding hydrogens is 449 g/mol. The van der Waals surface area contributed by atoms with E-state index in [1.165, 1.54) is 12.1 Å². The monoisotopic (exact) mass is 467 g/mol. The van der Waals surface area contributed by atoms with Crippen LogP contribution < -0.4 is 5.32 Å². The van der Waals surface area contributed by atoms with Gasteiger partial charge in [0.25, 0.3) is 0 Å². The average Bonchev–Trinajstić information content (AvgIpc) is 3.11. The van der Waals surface area contributed by atoms with E-state index < -0.39 is 0 Å². The van der Waals surface area contributed by atoms with Crippen LogP contribution >= 0.6 is 27.5 Å². The SMILES string of the molecule is Cc1nn(CC(C)C(=O)Nc2nn(Cc3ccc(F)cc3)cc2Cl)c(C)c1Br.